The lowest BCUT2D eigenvalue weighted by Crippen LogP contribution is -2.17. The average molecular weight is 446 g/mol. The van der Waals surface area contributed by atoms with Crippen molar-refractivity contribution in [1.29, 1.82) is 0 Å². The maximum Gasteiger partial charge on any atom is 0.263 e. The zero-order valence-corrected chi connectivity index (χ0v) is 18.4. The molecule has 0 aliphatic carbocycles. The SMILES string of the molecule is CCOc1cc(C=C2SC(=S)NC2=O)ccc1OCCCOc1ccccc1OC. The second-order valence-corrected chi connectivity index (χ2v) is 7.91. The Kier molecular flexibility index (Phi) is 7.98. The van der Waals surface area contributed by atoms with Crippen molar-refractivity contribution in [1.82, 2.24) is 5.32 Å². The first kappa shape index (κ1) is 22.0. The second-order valence-electron chi connectivity index (χ2n) is 6.19. The molecular formula is C22H23NO5S2. The number of thiocarbonyl (C=S) groups is 1. The molecule has 2 aromatic rings. The van der Waals surface area contributed by atoms with E-state index in [0.29, 0.717) is 58.5 Å². The quantitative estimate of drug-likeness (QED) is 0.330. The third-order valence-corrected chi connectivity index (χ3v) is 5.24. The Morgan fingerprint density at radius 1 is 1.00 bits per heavy atom. The molecule has 6 nitrogen and oxygen atoms in total. The molecule has 1 heterocycles. The van der Waals surface area contributed by atoms with Gasteiger partial charge in [-0.2, -0.15) is 0 Å². The number of para-hydroxylation sites is 2. The fraction of sp³-hybridized carbons (Fsp3) is 0.273. The van der Waals surface area contributed by atoms with Crippen LogP contribution in [0.3, 0.4) is 0 Å². The van der Waals surface area contributed by atoms with Gasteiger partial charge in [0.1, 0.15) is 4.32 Å². The van der Waals surface area contributed by atoms with Crippen LogP contribution >= 0.6 is 24.0 Å². The monoisotopic (exact) mass is 445 g/mol. The molecule has 158 valence electrons. The summed E-state index contributed by atoms with van der Waals surface area (Å²) in [6, 6.07) is 13.1. The molecule has 1 aliphatic rings. The summed E-state index contributed by atoms with van der Waals surface area (Å²) in [4.78, 5) is 12.4. The summed E-state index contributed by atoms with van der Waals surface area (Å²) in [7, 11) is 1.62. The van der Waals surface area contributed by atoms with Crippen LogP contribution in [0.25, 0.3) is 6.08 Å². The number of hydrogen-bond acceptors (Lipinski definition) is 7. The average Bonchev–Trinajstić information content (AvgIpc) is 3.06. The van der Waals surface area contributed by atoms with Gasteiger partial charge in [-0.25, -0.2) is 0 Å². The van der Waals surface area contributed by atoms with Crippen LogP contribution in [-0.4, -0.2) is 37.2 Å². The van der Waals surface area contributed by atoms with E-state index in [1.165, 1.54) is 11.8 Å². The van der Waals surface area contributed by atoms with Gasteiger partial charge in [-0.3, -0.25) is 4.79 Å². The van der Waals surface area contributed by atoms with Crippen molar-refractivity contribution in [2.45, 2.75) is 13.3 Å². The van der Waals surface area contributed by atoms with Crippen molar-refractivity contribution in [2.75, 3.05) is 26.9 Å². The number of benzene rings is 2. The molecule has 2 aromatic carbocycles. The smallest absolute Gasteiger partial charge is 0.263 e. The highest BCUT2D eigenvalue weighted by molar-refractivity contribution is 8.26. The molecule has 0 aromatic heterocycles. The number of nitrogens with one attached hydrogen (secondary N) is 1. The Labute approximate surface area is 185 Å². The van der Waals surface area contributed by atoms with Gasteiger partial charge in [0.15, 0.2) is 23.0 Å². The summed E-state index contributed by atoms with van der Waals surface area (Å²) in [6.07, 6.45) is 2.48. The topological polar surface area (TPSA) is 66.0 Å². The molecule has 1 N–H and O–H groups in total. The molecule has 0 unspecified atom stereocenters. The van der Waals surface area contributed by atoms with Crippen LogP contribution in [0.4, 0.5) is 0 Å². The summed E-state index contributed by atoms with van der Waals surface area (Å²) >= 11 is 6.27. The van der Waals surface area contributed by atoms with Crippen LogP contribution in [0.2, 0.25) is 0 Å². The predicted molar refractivity (Wildman–Crippen MR) is 123 cm³/mol. The van der Waals surface area contributed by atoms with Gasteiger partial charge < -0.3 is 24.3 Å². The van der Waals surface area contributed by atoms with E-state index >= 15 is 0 Å². The van der Waals surface area contributed by atoms with Crippen molar-refractivity contribution in [3.8, 4) is 23.0 Å². The molecule has 1 fully saturated rings. The summed E-state index contributed by atoms with van der Waals surface area (Å²) in [5.74, 6) is 2.51. The molecule has 1 saturated heterocycles. The van der Waals surface area contributed by atoms with Crippen LogP contribution < -0.4 is 24.3 Å². The number of rotatable bonds is 10. The van der Waals surface area contributed by atoms with E-state index < -0.39 is 0 Å². The summed E-state index contributed by atoms with van der Waals surface area (Å²) in [5.41, 5.74) is 0.840. The molecule has 0 atom stereocenters. The molecular weight excluding hydrogens is 422 g/mol. The molecule has 0 spiro atoms. The number of ether oxygens (including phenoxy) is 4. The minimum absolute atomic E-state index is 0.182. The molecule has 30 heavy (non-hydrogen) atoms. The Morgan fingerprint density at radius 2 is 1.70 bits per heavy atom. The maximum absolute atomic E-state index is 11.8. The van der Waals surface area contributed by atoms with E-state index in [4.69, 9.17) is 31.2 Å². The summed E-state index contributed by atoms with van der Waals surface area (Å²) < 4.78 is 23.1. The van der Waals surface area contributed by atoms with Crippen molar-refractivity contribution in [3.63, 3.8) is 0 Å². The lowest BCUT2D eigenvalue weighted by molar-refractivity contribution is -0.115. The molecule has 3 rings (SSSR count). The van der Waals surface area contributed by atoms with Gasteiger partial charge >= 0.3 is 0 Å². The van der Waals surface area contributed by atoms with Crippen LogP contribution in [0, 0.1) is 0 Å². The molecule has 0 radical (unpaired) electrons. The van der Waals surface area contributed by atoms with Crippen LogP contribution in [-0.2, 0) is 4.79 Å². The molecule has 8 heteroatoms. The minimum Gasteiger partial charge on any atom is -0.493 e. The van der Waals surface area contributed by atoms with E-state index in [9.17, 15) is 4.79 Å². The standard InChI is InChI=1S/C22H23NO5S2/c1-3-26-19-13-15(14-20-21(24)23-22(29)30-20)9-10-18(19)28-12-6-11-27-17-8-5-4-7-16(17)25-2/h4-5,7-10,13-14H,3,6,11-12H2,1-2H3,(H,23,24,29). The normalized spacial score (nSPS) is 14.5. The highest BCUT2D eigenvalue weighted by Crippen LogP contribution is 2.32. The van der Waals surface area contributed by atoms with E-state index in [2.05, 4.69) is 5.32 Å². The number of amides is 1. The van der Waals surface area contributed by atoms with Crippen molar-refractivity contribution >= 4 is 40.3 Å². The number of thioether (sulfide) groups is 1. The van der Waals surface area contributed by atoms with E-state index in [1.807, 2.05) is 49.4 Å². The van der Waals surface area contributed by atoms with E-state index in [1.54, 1.807) is 13.2 Å². The predicted octanol–water partition coefficient (Wildman–Crippen LogP) is 4.43. The van der Waals surface area contributed by atoms with E-state index in [-0.39, 0.29) is 5.91 Å². The third-order valence-electron chi connectivity index (χ3n) is 4.08. The lowest BCUT2D eigenvalue weighted by Gasteiger charge is -2.13. The Hall–Kier alpha value is -2.71. The number of carbonyl (C=O) groups is 1. The van der Waals surface area contributed by atoms with Gasteiger partial charge in [0.05, 0.1) is 31.8 Å². The van der Waals surface area contributed by atoms with Gasteiger partial charge in [0.25, 0.3) is 5.91 Å². The lowest BCUT2D eigenvalue weighted by atomic mass is 10.2. The zero-order chi connectivity index (χ0) is 21.3. The van der Waals surface area contributed by atoms with Crippen LogP contribution in [0.5, 0.6) is 23.0 Å². The second kappa shape index (κ2) is 10.9. The van der Waals surface area contributed by atoms with Gasteiger partial charge in [-0.15, -0.1) is 0 Å². The summed E-state index contributed by atoms with van der Waals surface area (Å²) in [6.45, 7) is 3.39. The number of carbonyl (C=O) groups excluding carboxylic acids is 1. The Morgan fingerprint density at radius 3 is 2.33 bits per heavy atom. The third kappa shape index (κ3) is 5.90. The van der Waals surface area contributed by atoms with Gasteiger partial charge in [-0.05, 0) is 42.8 Å². The molecule has 0 saturated carbocycles. The van der Waals surface area contributed by atoms with Crippen LogP contribution in [0.15, 0.2) is 47.4 Å². The number of hydrogen-bond donors (Lipinski definition) is 1. The highest BCUT2D eigenvalue weighted by atomic mass is 32.2. The molecule has 0 bridgehead atoms. The summed E-state index contributed by atoms with van der Waals surface area (Å²) in [5, 5.41) is 2.61. The minimum atomic E-state index is -0.182. The Bertz CT molecular complexity index is 945. The van der Waals surface area contributed by atoms with Gasteiger partial charge in [-0.1, -0.05) is 42.2 Å². The Balaban J connectivity index is 1.57. The van der Waals surface area contributed by atoms with Crippen molar-refractivity contribution < 1.29 is 23.7 Å². The molecule has 1 aliphatic heterocycles. The maximum atomic E-state index is 11.8. The fourth-order valence-corrected chi connectivity index (χ4v) is 3.78. The van der Waals surface area contributed by atoms with E-state index in [0.717, 1.165) is 5.56 Å². The highest BCUT2D eigenvalue weighted by Gasteiger charge is 2.22. The first-order chi connectivity index (χ1) is 14.6. The van der Waals surface area contributed by atoms with Gasteiger partial charge in [0.2, 0.25) is 0 Å². The zero-order valence-electron chi connectivity index (χ0n) is 16.8. The fourth-order valence-electron chi connectivity index (χ4n) is 2.74. The van der Waals surface area contributed by atoms with Crippen molar-refractivity contribution in [2.24, 2.45) is 0 Å². The molecule has 1 amide bonds. The van der Waals surface area contributed by atoms with Crippen LogP contribution in [0.1, 0.15) is 18.9 Å². The van der Waals surface area contributed by atoms with Crippen molar-refractivity contribution in [3.05, 3.63) is 52.9 Å². The number of methoxy groups -OCH3 is 1. The first-order valence-corrected chi connectivity index (χ1v) is 10.7. The van der Waals surface area contributed by atoms with Gasteiger partial charge in [0, 0.05) is 6.42 Å². The largest absolute Gasteiger partial charge is 0.493 e. The first-order valence-electron chi connectivity index (χ1n) is 9.51.